The monoisotopic (exact) mass is 329 g/mol. The summed E-state index contributed by atoms with van der Waals surface area (Å²) >= 11 is 6.26. The molecule has 0 amide bonds. The highest BCUT2D eigenvalue weighted by Gasteiger charge is 2.18. The molecule has 1 aromatic rings. The Morgan fingerprint density at radius 3 is 2.57 bits per heavy atom. The van der Waals surface area contributed by atoms with Crippen LogP contribution in [0.3, 0.4) is 0 Å². The molecule has 2 nitrogen and oxygen atoms in total. The molecule has 1 rings (SSSR count). The van der Waals surface area contributed by atoms with Gasteiger partial charge >= 0.3 is 0 Å². The fourth-order valence-electron chi connectivity index (χ4n) is 1.01. The third kappa shape index (κ3) is 2.29. The Balaban J connectivity index is 3.28. The Labute approximate surface area is 96.6 Å². The van der Waals surface area contributed by atoms with E-state index >= 15 is 0 Å². The number of aromatic nitrogens is 1. The van der Waals surface area contributed by atoms with Gasteiger partial charge in [0, 0.05) is 27.1 Å². The molecule has 0 aliphatic carbocycles. The molecule has 78 valence electrons. The van der Waals surface area contributed by atoms with Crippen LogP contribution < -0.4 is 0 Å². The maximum Gasteiger partial charge on any atom is 0.280 e. The van der Waals surface area contributed by atoms with E-state index in [0.29, 0.717) is 15.6 Å². The number of aliphatic hydroxyl groups is 1. The van der Waals surface area contributed by atoms with Crippen molar-refractivity contribution in [1.82, 2.24) is 4.98 Å². The molecule has 0 unspecified atom stereocenters. The lowest BCUT2D eigenvalue weighted by molar-refractivity contribution is 0.145. The molecule has 0 saturated carbocycles. The van der Waals surface area contributed by atoms with E-state index in [1.54, 1.807) is 0 Å². The van der Waals surface area contributed by atoms with E-state index in [2.05, 4.69) is 36.8 Å². The summed E-state index contributed by atoms with van der Waals surface area (Å²) in [5, 5.41) is 9.17. The van der Waals surface area contributed by atoms with E-state index in [-0.39, 0.29) is 17.6 Å². The topological polar surface area (TPSA) is 33.1 Å². The Bertz CT molecular complexity index is 333. The first kappa shape index (κ1) is 12.0. The Morgan fingerprint density at radius 2 is 2.14 bits per heavy atom. The van der Waals surface area contributed by atoms with Gasteiger partial charge in [0.05, 0.1) is 6.61 Å². The van der Waals surface area contributed by atoms with Gasteiger partial charge in [0.15, 0.2) is 0 Å². The Morgan fingerprint density at radius 1 is 1.50 bits per heavy atom. The normalized spacial score (nSPS) is 11.0. The van der Waals surface area contributed by atoms with Crippen LogP contribution >= 0.6 is 31.9 Å². The molecule has 0 fully saturated rings. The van der Waals surface area contributed by atoms with Crippen molar-refractivity contribution in [3.63, 3.8) is 0 Å². The zero-order valence-corrected chi connectivity index (χ0v) is 10.1. The number of hydrogen-bond donors (Lipinski definition) is 1. The summed E-state index contributed by atoms with van der Waals surface area (Å²) < 4.78 is 25.4. The molecule has 0 saturated heterocycles. The maximum atomic E-state index is 12.5. The second-order valence-electron chi connectivity index (χ2n) is 2.55. The molecule has 0 bridgehead atoms. The SMILES string of the molecule is OCc1cnc(C(F)F)c(CBr)c1Br. The number of aliphatic hydroxyl groups excluding tert-OH is 1. The number of halogens is 4. The van der Waals surface area contributed by atoms with Crippen molar-refractivity contribution < 1.29 is 13.9 Å². The number of hydrogen-bond acceptors (Lipinski definition) is 2. The molecular formula is C8H7Br2F2NO. The largest absolute Gasteiger partial charge is 0.392 e. The van der Waals surface area contributed by atoms with Crippen LogP contribution in [0.2, 0.25) is 0 Å². The molecule has 0 aliphatic heterocycles. The molecule has 1 N–H and O–H groups in total. The predicted molar refractivity (Wildman–Crippen MR) is 55.4 cm³/mol. The van der Waals surface area contributed by atoms with Gasteiger partial charge in [0.1, 0.15) is 5.69 Å². The first-order chi connectivity index (χ1) is 6.61. The van der Waals surface area contributed by atoms with Crippen molar-refractivity contribution in [3.05, 3.63) is 27.5 Å². The molecule has 6 heteroatoms. The molecule has 1 heterocycles. The quantitative estimate of drug-likeness (QED) is 0.863. The third-order valence-electron chi connectivity index (χ3n) is 1.73. The molecule has 0 atom stereocenters. The van der Waals surface area contributed by atoms with Gasteiger partial charge in [-0.25, -0.2) is 8.78 Å². The van der Waals surface area contributed by atoms with E-state index in [1.165, 1.54) is 6.20 Å². The molecule has 0 spiro atoms. The standard InChI is InChI=1S/C8H7Br2F2NO/c9-1-5-6(10)4(3-14)2-13-7(5)8(11)12/h2,8,14H,1,3H2. The summed E-state index contributed by atoms with van der Waals surface area (Å²) in [4.78, 5) is 3.61. The third-order valence-corrected chi connectivity index (χ3v) is 3.27. The van der Waals surface area contributed by atoms with Gasteiger partial charge in [-0.1, -0.05) is 15.9 Å². The molecule has 1 aromatic heterocycles. The first-order valence-electron chi connectivity index (χ1n) is 3.73. The van der Waals surface area contributed by atoms with Crippen LogP contribution in [0, 0.1) is 0 Å². The summed E-state index contributed by atoms with van der Waals surface area (Å²) in [6, 6.07) is 0. The summed E-state index contributed by atoms with van der Waals surface area (Å²) in [5.74, 6) is 0. The summed E-state index contributed by atoms with van der Waals surface area (Å²) in [6.45, 7) is -0.225. The maximum absolute atomic E-state index is 12.5. The first-order valence-corrected chi connectivity index (χ1v) is 5.64. The van der Waals surface area contributed by atoms with Crippen molar-refractivity contribution in [2.24, 2.45) is 0 Å². The lowest BCUT2D eigenvalue weighted by Gasteiger charge is -2.10. The average molecular weight is 331 g/mol. The van der Waals surface area contributed by atoms with Gasteiger partial charge in [-0.05, 0) is 15.9 Å². The van der Waals surface area contributed by atoms with Crippen LogP contribution in [0.1, 0.15) is 23.2 Å². The molecular weight excluding hydrogens is 324 g/mol. The zero-order chi connectivity index (χ0) is 10.7. The molecule has 0 radical (unpaired) electrons. The summed E-state index contributed by atoms with van der Waals surface area (Å²) in [6.07, 6.45) is -1.36. The number of nitrogens with zero attached hydrogens (tertiary/aromatic N) is 1. The Kier molecular flexibility index (Phi) is 4.40. The smallest absolute Gasteiger partial charge is 0.280 e. The van der Waals surface area contributed by atoms with Crippen LogP contribution in [0.4, 0.5) is 8.78 Å². The minimum absolute atomic E-state index is 0.225. The van der Waals surface area contributed by atoms with Gasteiger partial charge in [-0.15, -0.1) is 0 Å². The van der Waals surface area contributed by atoms with Gasteiger partial charge in [0.25, 0.3) is 6.43 Å². The van der Waals surface area contributed by atoms with Gasteiger partial charge in [0.2, 0.25) is 0 Å². The predicted octanol–water partition coefficient (Wildman–Crippen LogP) is 3.17. The molecule has 14 heavy (non-hydrogen) atoms. The van der Waals surface area contributed by atoms with Crippen molar-refractivity contribution >= 4 is 31.9 Å². The minimum atomic E-state index is -2.61. The lowest BCUT2D eigenvalue weighted by atomic mass is 10.1. The Hall–Kier alpha value is -0.0700. The fraction of sp³-hybridized carbons (Fsp3) is 0.375. The van der Waals surface area contributed by atoms with Crippen LogP contribution in [0.25, 0.3) is 0 Å². The van der Waals surface area contributed by atoms with E-state index < -0.39 is 6.43 Å². The second-order valence-corrected chi connectivity index (χ2v) is 3.91. The van der Waals surface area contributed by atoms with Gasteiger partial charge in [-0.3, -0.25) is 4.98 Å². The highest BCUT2D eigenvalue weighted by molar-refractivity contribution is 9.10. The fourth-order valence-corrected chi connectivity index (χ4v) is 2.53. The van der Waals surface area contributed by atoms with E-state index in [1.807, 2.05) is 0 Å². The lowest BCUT2D eigenvalue weighted by Crippen LogP contribution is -2.01. The minimum Gasteiger partial charge on any atom is -0.392 e. The zero-order valence-electron chi connectivity index (χ0n) is 6.98. The number of rotatable bonds is 3. The number of alkyl halides is 3. The summed E-state index contributed by atoms with van der Waals surface area (Å²) in [7, 11) is 0. The van der Waals surface area contributed by atoms with Gasteiger partial charge in [-0.2, -0.15) is 0 Å². The van der Waals surface area contributed by atoms with E-state index in [0.717, 1.165) is 0 Å². The second kappa shape index (κ2) is 5.14. The van der Waals surface area contributed by atoms with Crippen LogP contribution in [0.5, 0.6) is 0 Å². The highest BCUT2D eigenvalue weighted by atomic mass is 79.9. The van der Waals surface area contributed by atoms with Crippen molar-refractivity contribution in [2.75, 3.05) is 0 Å². The van der Waals surface area contributed by atoms with Crippen LogP contribution in [-0.2, 0) is 11.9 Å². The van der Waals surface area contributed by atoms with Crippen molar-refractivity contribution in [1.29, 1.82) is 0 Å². The van der Waals surface area contributed by atoms with Crippen molar-refractivity contribution in [2.45, 2.75) is 18.4 Å². The highest BCUT2D eigenvalue weighted by Crippen LogP contribution is 2.30. The molecule has 0 aromatic carbocycles. The van der Waals surface area contributed by atoms with Crippen LogP contribution in [0.15, 0.2) is 10.7 Å². The van der Waals surface area contributed by atoms with Crippen LogP contribution in [-0.4, -0.2) is 10.1 Å². The van der Waals surface area contributed by atoms with Crippen molar-refractivity contribution in [3.8, 4) is 0 Å². The van der Waals surface area contributed by atoms with E-state index in [4.69, 9.17) is 5.11 Å². The average Bonchev–Trinajstić information content (AvgIpc) is 2.17. The van der Waals surface area contributed by atoms with Gasteiger partial charge < -0.3 is 5.11 Å². The van der Waals surface area contributed by atoms with E-state index in [9.17, 15) is 8.78 Å². The number of pyridine rings is 1. The molecule has 0 aliphatic rings. The summed E-state index contributed by atoms with van der Waals surface area (Å²) in [5.41, 5.74) is 0.626.